The molecule has 1 rings (SSSR count). The maximum Gasteiger partial charge on any atom is 0.237 e. The number of carbonyl (C=O) groups excluding carboxylic acids is 2. The molecule has 4 heteroatoms. The minimum atomic E-state index is -1.03. The van der Waals surface area contributed by atoms with Crippen molar-refractivity contribution in [3.8, 4) is 0 Å². The Bertz CT molecular complexity index is 320. The molecule has 0 saturated carbocycles. The molecular weight excluding hydrogens is 194 g/mol. The Labute approximate surface area is 89.4 Å². The van der Waals surface area contributed by atoms with E-state index in [0.29, 0.717) is 6.42 Å². The Morgan fingerprint density at radius 3 is 2.53 bits per heavy atom. The highest BCUT2D eigenvalue weighted by molar-refractivity contribution is 6.15. The van der Waals surface area contributed by atoms with Gasteiger partial charge in [-0.2, -0.15) is 0 Å². The number of nitrogens with one attached hydrogen (secondary N) is 1. The second-order valence-corrected chi connectivity index (χ2v) is 4.56. The maximum atomic E-state index is 11.9. The van der Waals surface area contributed by atoms with Crippen LogP contribution in [0.4, 0.5) is 0 Å². The summed E-state index contributed by atoms with van der Waals surface area (Å²) in [6.45, 7) is 5.23. The molecule has 1 aliphatic rings. The number of aliphatic hydroxyl groups excluding tert-OH is 1. The molecule has 0 aromatic heterocycles. The fraction of sp³-hybridized carbons (Fsp3) is 0.636. The molecule has 1 heterocycles. The molecule has 4 nitrogen and oxygen atoms in total. The van der Waals surface area contributed by atoms with Crippen LogP contribution in [-0.2, 0) is 9.59 Å². The first kappa shape index (κ1) is 11.9. The van der Waals surface area contributed by atoms with E-state index in [4.69, 9.17) is 5.11 Å². The molecule has 0 aromatic rings. The van der Waals surface area contributed by atoms with Gasteiger partial charge < -0.3 is 10.4 Å². The number of hydrogen-bond donors (Lipinski definition) is 2. The highest BCUT2D eigenvalue weighted by Crippen LogP contribution is 2.32. The molecule has 1 aliphatic heterocycles. The first-order valence-corrected chi connectivity index (χ1v) is 5.07. The Morgan fingerprint density at radius 1 is 1.47 bits per heavy atom. The second kappa shape index (κ2) is 4.14. The Morgan fingerprint density at radius 2 is 2.07 bits per heavy atom. The minimum Gasteiger partial charge on any atom is -0.391 e. The number of ketones is 1. The SMILES string of the molecule is CC(C)CC1(C)C(=O)NC=C(CO)C1=O. The molecule has 15 heavy (non-hydrogen) atoms. The second-order valence-electron chi connectivity index (χ2n) is 4.56. The van der Waals surface area contributed by atoms with Crippen LogP contribution in [-0.4, -0.2) is 23.4 Å². The molecule has 0 bridgehead atoms. The van der Waals surface area contributed by atoms with Gasteiger partial charge in [0.1, 0.15) is 5.41 Å². The van der Waals surface area contributed by atoms with E-state index in [1.54, 1.807) is 6.92 Å². The summed E-state index contributed by atoms with van der Waals surface area (Å²) in [4.78, 5) is 23.6. The Balaban J connectivity index is 3.01. The minimum absolute atomic E-state index is 0.253. The summed E-state index contributed by atoms with van der Waals surface area (Å²) in [7, 11) is 0. The average molecular weight is 211 g/mol. The molecule has 1 unspecified atom stereocenters. The summed E-state index contributed by atoms with van der Waals surface area (Å²) in [5, 5.41) is 11.5. The summed E-state index contributed by atoms with van der Waals surface area (Å²) in [6, 6.07) is 0. The van der Waals surface area contributed by atoms with Gasteiger partial charge in [-0.1, -0.05) is 13.8 Å². The van der Waals surface area contributed by atoms with Gasteiger partial charge in [0.05, 0.1) is 6.61 Å². The van der Waals surface area contributed by atoms with Gasteiger partial charge in [-0.05, 0) is 19.3 Å². The van der Waals surface area contributed by atoms with Gasteiger partial charge in [0.15, 0.2) is 5.78 Å². The lowest BCUT2D eigenvalue weighted by molar-refractivity contribution is -0.141. The third-order valence-electron chi connectivity index (χ3n) is 2.66. The van der Waals surface area contributed by atoms with Crippen molar-refractivity contribution in [2.24, 2.45) is 11.3 Å². The molecule has 0 radical (unpaired) electrons. The van der Waals surface area contributed by atoms with Gasteiger partial charge in [-0.15, -0.1) is 0 Å². The van der Waals surface area contributed by atoms with E-state index in [1.165, 1.54) is 6.20 Å². The zero-order valence-electron chi connectivity index (χ0n) is 9.33. The first-order chi connectivity index (χ1) is 6.91. The van der Waals surface area contributed by atoms with E-state index < -0.39 is 5.41 Å². The van der Waals surface area contributed by atoms with Crippen LogP contribution >= 0.6 is 0 Å². The molecular formula is C11H17NO3. The van der Waals surface area contributed by atoms with E-state index in [-0.39, 0.29) is 29.8 Å². The quantitative estimate of drug-likeness (QED) is 0.672. The molecule has 0 fully saturated rings. The van der Waals surface area contributed by atoms with Gasteiger partial charge in [0, 0.05) is 11.8 Å². The standard InChI is InChI=1S/C11H17NO3/c1-7(2)4-11(3)9(14)8(6-13)5-12-10(11)15/h5,7,13H,4,6H2,1-3H3,(H,12,15). The lowest BCUT2D eigenvalue weighted by Crippen LogP contribution is -2.48. The van der Waals surface area contributed by atoms with Crippen molar-refractivity contribution in [2.75, 3.05) is 6.61 Å². The average Bonchev–Trinajstić information content (AvgIpc) is 2.14. The Hall–Kier alpha value is -1.16. The van der Waals surface area contributed by atoms with Crippen LogP contribution in [0.3, 0.4) is 0 Å². The number of rotatable bonds is 3. The zero-order chi connectivity index (χ0) is 11.6. The van der Waals surface area contributed by atoms with Crippen LogP contribution in [0.15, 0.2) is 11.8 Å². The van der Waals surface area contributed by atoms with Crippen molar-refractivity contribution in [2.45, 2.75) is 27.2 Å². The van der Waals surface area contributed by atoms with Crippen molar-refractivity contribution in [3.05, 3.63) is 11.8 Å². The lowest BCUT2D eigenvalue weighted by Gasteiger charge is -2.31. The molecule has 0 spiro atoms. The van der Waals surface area contributed by atoms with E-state index >= 15 is 0 Å². The zero-order valence-corrected chi connectivity index (χ0v) is 9.33. The van der Waals surface area contributed by atoms with E-state index in [0.717, 1.165) is 0 Å². The summed E-state index contributed by atoms with van der Waals surface area (Å²) in [5.41, 5.74) is -0.751. The molecule has 1 atom stereocenters. The number of carbonyl (C=O) groups is 2. The first-order valence-electron chi connectivity index (χ1n) is 5.07. The Kier molecular flexibility index (Phi) is 3.29. The van der Waals surface area contributed by atoms with Gasteiger partial charge in [0.2, 0.25) is 5.91 Å². The van der Waals surface area contributed by atoms with Crippen LogP contribution < -0.4 is 5.32 Å². The largest absolute Gasteiger partial charge is 0.391 e. The van der Waals surface area contributed by atoms with Crippen molar-refractivity contribution >= 4 is 11.7 Å². The number of hydrogen-bond acceptors (Lipinski definition) is 3. The summed E-state index contributed by atoms with van der Waals surface area (Å²) < 4.78 is 0. The topological polar surface area (TPSA) is 66.4 Å². The molecule has 0 aromatic carbocycles. The lowest BCUT2D eigenvalue weighted by atomic mass is 9.74. The van der Waals surface area contributed by atoms with Gasteiger partial charge in [-0.3, -0.25) is 9.59 Å². The highest BCUT2D eigenvalue weighted by atomic mass is 16.3. The summed E-state index contributed by atoms with van der Waals surface area (Å²) in [6.07, 6.45) is 1.79. The summed E-state index contributed by atoms with van der Waals surface area (Å²) in [5.74, 6) is -0.288. The third kappa shape index (κ3) is 2.09. The molecule has 0 saturated heterocycles. The van der Waals surface area contributed by atoms with Crippen molar-refractivity contribution in [3.63, 3.8) is 0 Å². The normalized spacial score (nSPS) is 26.6. The smallest absolute Gasteiger partial charge is 0.237 e. The molecule has 0 aliphatic carbocycles. The van der Waals surface area contributed by atoms with Crippen molar-refractivity contribution in [1.82, 2.24) is 5.32 Å². The van der Waals surface area contributed by atoms with E-state index in [2.05, 4.69) is 5.32 Å². The highest BCUT2D eigenvalue weighted by Gasteiger charge is 2.44. The van der Waals surface area contributed by atoms with Crippen LogP contribution in [0.5, 0.6) is 0 Å². The number of aliphatic hydroxyl groups is 1. The fourth-order valence-corrected chi connectivity index (χ4v) is 1.95. The fourth-order valence-electron chi connectivity index (χ4n) is 1.95. The van der Waals surface area contributed by atoms with Crippen LogP contribution in [0.1, 0.15) is 27.2 Å². The van der Waals surface area contributed by atoms with E-state index in [1.807, 2.05) is 13.8 Å². The van der Waals surface area contributed by atoms with Crippen LogP contribution in [0.25, 0.3) is 0 Å². The molecule has 1 amide bonds. The number of amides is 1. The molecule has 84 valence electrons. The van der Waals surface area contributed by atoms with E-state index in [9.17, 15) is 9.59 Å². The number of Topliss-reactive ketones (excluding diaryl/α,β-unsaturated/α-hetero) is 1. The molecule has 2 N–H and O–H groups in total. The van der Waals surface area contributed by atoms with Crippen LogP contribution in [0, 0.1) is 11.3 Å². The van der Waals surface area contributed by atoms with Crippen molar-refractivity contribution in [1.29, 1.82) is 0 Å². The monoisotopic (exact) mass is 211 g/mol. The van der Waals surface area contributed by atoms with Crippen LogP contribution in [0.2, 0.25) is 0 Å². The predicted octanol–water partition coefficient (Wildman–Crippen LogP) is 0.614. The predicted molar refractivity (Wildman–Crippen MR) is 55.9 cm³/mol. The summed E-state index contributed by atoms with van der Waals surface area (Å²) >= 11 is 0. The van der Waals surface area contributed by atoms with Gasteiger partial charge in [0.25, 0.3) is 0 Å². The third-order valence-corrected chi connectivity index (χ3v) is 2.66. The van der Waals surface area contributed by atoms with Gasteiger partial charge >= 0.3 is 0 Å². The van der Waals surface area contributed by atoms with Gasteiger partial charge in [-0.25, -0.2) is 0 Å². The maximum absolute atomic E-state index is 11.9. The van der Waals surface area contributed by atoms with Crippen molar-refractivity contribution < 1.29 is 14.7 Å².